The molecule has 0 saturated carbocycles. The summed E-state index contributed by atoms with van der Waals surface area (Å²) in [6, 6.07) is 7.62. The molecular weight excluding hydrogens is 322 g/mol. The van der Waals surface area contributed by atoms with Crippen molar-refractivity contribution in [1.82, 2.24) is 4.98 Å². The first kappa shape index (κ1) is 13.0. The van der Waals surface area contributed by atoms with Gasteiger partial charge in [-0.3, -0.25) is 4.79 Å². The molecule has 0 spiro atoms. The molecule has 1 aromatic heterocycles. The van der Waals surface area contributed by atoms with Crippen LogP contribution >= 0.6 is 27.5 Å². The highest BCUT2D eigenvalue weighted by molar-refractivity contribution is 9.10. The van der Waals surface area contributed by atoms with Gasteiger partial charge in [0, 0.05) is 6.20 Å². The average molecular weight is 330 g/mol. The molecule has 18 heavy (non-hydrogen) atoms. The fourth-order valence-electron chi connectivity index (χ4n) is 1.31. The summed E-state index contributed by atoms with van der Waals surface area (Å²) in [5.74, 6) is -0.864. The summed E-state index contributed by atoms with van der Waals surface area (Å²) in [5, 5.41) is 2.94. The molecule has 0 aliphatic rings. The number of nitrogens with zero attached hydrogens (tertiary/aromatic N) is 1. The normalized spacial score (nSPS) is 10.2. The first-order chi connectivity index (χ1) is 8.58. The van der Waals surface area contributed by atoms with Gasteiger partial charge in [0.05, 0.1) is 15.1 Å². The van der Waals surface area contributed by atoms with Crippen LogP contribution in [0.2, 0.25) is 5.02 Å². The Morgan fingerprint density at radius 1 is 1.33 bits per heavy atom. The molecule has 92 valence electrons. The molecule has 2 rings (SSSR count). The maximum Gasteiger partial charge on any atom is 0.259 e. The second kappa shape index (κ2) is 5.46. The predicted molar refractivity (Wildman–Crippen MR) is 71.3 cm³/mol. The first-order valence-electron chi connectivity index (χ1n) is 4.95. The van der Waals surface area contributed by atoms with E-state index in [1.54, 1.807) is 12.1 Å². The van der Waals surface area contributed by atoms with Crippen LogP contribution in [0, 0.1) is 5.82 Å². The SMILES string of the molecule is O=C(Nc1ccc(Cl)cn1)c1cccc(Br)c1F. The van der Waals surface area contributed by atoms with Gasteiger partial charge in [0.15, 0.2) is 0 Å². The monoisotopic (exact) mass is 328 g/mol. The van der Waals surface area contributed by atoms with E-state index < -0.39 is 11.7 Å². The van der Waals surface area contributed by atoms with E-state index in [9.17, 15) is 9.18 Å². The van der Waals surface area contributed by atoms with Crippen LogP contribution in [-0.4, -0.2) is 10.9 Å². The second-order valence-electron chi connectivity index (χ2n) is 3.42. The van der Waals surface area contributed by atoms with E-state index in [2.05, 4.69) is 26.2 Å². The highest BCUT2D eigenvalue weighted by Crippen LogP contribution is 2.19. The van der Waals surface area contributed by atoms with Gasteiger partial charge >= 0.3 is 0 Å². The molecule has 0 fully saturated rings. The number of pyridine rings is 1. The average Bonchev–Trinajstić information content (AvgIpc) is 2.35. The standard InChI is InChI=1S/C12H7BrClFN2O/c13-9-3-1-2-8(11(9)15)12(18)17-10-5-4-7(14)6-16-10/h1-6H,(H,16,17,18). The number of halogens is 3. The fourth-order valence-corrected chi connectivity index (χ4v) is 1.79. The van der Waals surface area contributed by atoms with Crippen molar-refractivity contribution in [1.29, 1.82) is 0 Å². The lowest BCUT2D eigenvalue weighted by Crippen LogP contribution is -2.14. The highest BCUT2D eigenvalue weighted by Gasteiger charge is 2.14. The van der Waals surface area contributed by atoms with Gasteiger partial charge in [-0.25, -0.2) is 9.37 Å². The molecule has 1 aromatic carbocycles. The Kier molecular flexibility index (Phi) is 3.93. The van der Waals surface area contributed by atoms with Gasteiger partial charge in [0.1, 0.15) is 11.6 Å². The van der Waals surface area contributed by atoms with Crippen LogP contribution in [0.15, 0.2) is 41.0 Å². The third-order valence-corrected chi connectivity index (χ3v) is 3.00. The van der Waals surface area contributed by atoms with E-state index in [1.165, 1.54) is 24.4 Å². The number of hydrogen-bond donors (Lipinski definition) is 1. The Hall–Kier alpha value is -1.46. The molecule has 0 bridgehead atoms. The number of hydrogen-bond acceptors (Lipinski definition) is 2. The summed E-state index contributed by atoms with van der Waals surface area (Å²) in [4.78, 5) is 15.7. The second-order valence-corrected chi connectivity index (χ2v) is 4.71. The summed E-state index contributed by atoms with van der Waals surface area (Å²) in [6.07, 6.45) is 1.40. The third kappa shape index (κ3) is 2.86. The van der Waals surface area contributed by atoms with E-state index in [0.29, 0.717) is 10.8 Å². The quantitative estimate of drug-likeness (QED) is 0.908. The number of amides is 1. The lowest BCUT2D eigenvalue weighted by Gasteiger charge is -2.06. The van der Waals surface area contributed by atoms with Gasteiger partial charge in [0.25, 0.3) is 5.91 Å². The zero-order valence-corrected chi connectivity index (χ0v) is 11.3. The van der Waals surface area contributed by atoms with Gasteiger partial charge in [-0.2, -0.15) is 0 Å². The summed E-state index contributed by atoms with van der Waals surface area (Å²) in [6.45, 7) is 0. The molecule has 0 aliphatic carbocycles. The summed E-state index contributed by atoms with van der Waals surface area (Å²) in [5.41, 5.74) is -0.0545. The molecule has 0 aliphatic heterocycles. The highest BCUT2D eigenvalue weighted by atomic mass is 79.9. The Balaban J connectivity index is 2.22. The molecule has 0 saturated heterocycles. The summed E-state index contributed by atoms with van der Waals surface area (Å²) >= 11 is 8.69. The lowest BCUT2D eigenvalue weighted by atomic mass is 10.2. The van der Waals surface area contributed by atoms with E-state index in [0.717, 1.165) is 0 Å². The van der Waals surface area contributed by atoms with E-state index >= 15 is 0 Å². The molecule has 0 atom stereocenters. The van der Waals surface area contributed by atoms with Crippen LogP contribution < -0.4 is 5.32 Å². The van der Waals surface area contributed by atoms with Crippen molar-refractivity contribution in [3.05, 3.63) is 57.4 Å². The van der Waals surface area contributed by atoms with Crippen molar-refractivity contribution in [2.45, 2.75) is 0 Å². The Bertz CT molecular complexity index is 589. The van der Waals surface area contributed by atoms with Crippen LogP contribution in [0.1, 0.15) is 10.4 Å². The van der Waals surface area contributed by atoms with Crippen LogP contribution in [0.3, 0.4) is 0 Å². The zero-order valence-electron chi connectivity index (χ0n) is 8.95. The number of nitrogens with one attached hydrogen (secondary N) is 1. The molecular formula is C12H7BrClFN2O. The molecule has 6 heteroatoms. The number of carbonyl (C=O) groups is 1. The summed E-state index contributed by atoms with van der Waals surface area (Å²) < 4.78 is 13.9. The van der Waals surface area contributed by atoms with Crippen LogP contribution in [-0.2, 0) is 0 Å². The van der Waals surface area contributed by atoms with Crippen molar-refractivity contribution >= 4 is 39.3 Å². The van der Waals surface area contributed by atoms with E-state index in [4.69, 9.17) is 11.6 Å². The van der Waals surface area contributed by atoms with Gasteiger partial charge in [-0.1, -0.05) is 17.7 Å². The Morgan fingerprint density at radius 2 is 2.11 bits per heavy atom. The Labute approximate surface area is 116 Å². The minimum Gasteiger partial charge on any atom is -0.306 e. The number of aromatic nitrogens is 1. The van der Waals surface area contributed by atoms with Gasteiger partial charge in [0.2, 0.25) is 0 Å². The minimum absolute atomic E-state index is 0.0545. The van der Waals surface area contributed by atoms with Crippen LogP contribution in [0.25, 0.3) is 0 Å². The molecule has 1 amide bonds. The number of anilines is 1. The van der Waals surface area contributed by atoms with Gasteiger partial charge in [-0.05, 0) is 40.2 Å². The van der Waals surface area contributed by atoms with Crippen molar-refractivity contribution in [2.24, 2.45) is 0 Å². The minimum atomic E-state index is -0.607. The summed E-state index contributed by atoms with van der Waals surface area (Å²) in [7, 11) is 0. The third-order valence-electron chi connectivity index (χ3n) is 2.17. The topological polar surface area (TPSA) is 42.0 Å². The van der Waals surface area contributed by atoms with E-state index in [-0.39, 0.29) is 10.0 Å². The largest absolute Gasteiger partial charge is 0.306 e. The van der Waals surface area contributed by atoms with Gasteiger partial charge in [-0.15, -0.1) is 0 Å². The molecule has 0 unspecified atom stereocenters. The molecule has 1 heterocycles. The molecule has 2 aromatic rings. The van der Waals surface area contributed by atoms with Crippen molar-refractivity contribution < 1.29 is 9.18 Å². The van der Waals surface area contributed by atoms with Crippen LogP contribution in [0.4, 0.5) is 10.2 Å². The Morgan fingerprint density at radius 3 is 2.78 bits per heavy atom. The predicted octanol–water partition coefficient (Wildman–Crippen LogP) is 3.89. The van der Waals surface area contributed by atoms with Gasteiger partial charge < -0.3 is 5.32 Å². The van der Waals surface area contributed by atoms with Crippen molar-refractivity contribution in [3.63, 3.8) is 0 Å². The zero-order chi connectivity index (χ0) is 13.1. The smallest absolute Gasteiger partial charge is 0.259 e. The number of benzene rings is 1. The lowest BCUT2D eigenvalue weighted by molar-refractivity contribution is 0.102. The first-order valence-corrected chi connectivity index (χ1v) is 6.12. The number of carbonyl (C=O) groups excluding carboxylic acids is 1. The number of rotatable bonds is 2. The van der Waals surface area contributed by atoms with Crippen LogP contribution in [0.5, 0.6) is 0 Å². The maximum atomic E-state index is 13.7. The van der Waals surface area contributed by atoms with E-state index in [1.807, 2.05) is 0 Å². The molecule has 0 radical (unpaired) electrons. The van der Waals surface area contributed by atoms with Crippen molar-refractivity contribution in [2.75, 3.05) is 5.32 Å². The van der Waals surface area contributed by atoms with Crippen molar-refractivity contribution in [3.8, 4) is 0 Å². The molecule has 1 N–H and O–H groups in total. The maximum absolute atomic E-state index is 13.7. The molecule has 3 nitrogen and oxygen atoms in total. The fraction of sp³-hybridized carbons (Fsp3) is 0.